The lowest BCUT2D eigenvalue weighted by atomic mass is 10.1. The van der Waals surface area contributed by atoms with Crippen LogP contribution in [0.1, 0.15) is 49.2 Å². The average molecular weight is 337 g/mol. The summed E-state index contributed by atoms with van der Waals surface area (Å²) >= 11 is 0. The third kappa shape index (κ3) is 5.13. The summed E-state index contributed by atoms with van der Waals surface area (Å²) in [5, 5.41) is 2.83. The minimum Gasteiger partial charge on any atom is -0.351 e. The Morgan fingerprint density at radius 2 is 2.04 bits per heavy atom. The highest BCUT2D eigenvalue weighted by Crippen LogP contribution is 2.31. The van der Waals surface area contributed by atoms with E-state index in [1.165, 1.54) is 31.7 Å². The molecule has 2 heterocycles. The van der Waals surface area contributed by atoms with Crippen molar-refractivity contribution in [2.45, 2.75) is 45.2 Å². The van der Waals surface area contributed by atoms with Crippen molar-refractivity contribution in [2.75, 3.05) is 13.1 Å². The number of carbonyl (C=O) groups excluding carboxylic acids is 1. The van der Waals surface area contributed by atoms with Crippen LogP contribution in [0.4, 0.5) is 0 Å². The molecule has 1 aliphatic rings. The van der Waals surface area contributed by atoms with E-state index in [0.29, 0.717) is 12.6 Å². The van der Waals surface area contributed by atoms with Crippen molar-refractivity contribution < 1.29 is 4.79 Å². The topological polar surface area (TPSA) is 45.2 Å². The maximum absolute atomic E-state index is 11.1. The monoisotopic (exact) mass is 337 g/mol. The molecule has 0 bridgehead atoms. The van der Waals surface area contributed by atoms with Gasteiger partial charge in [-0.2, -0.15) is 0 Å². The lowest BCUT2D eigenvalue weighted by Gasteiger charge is -2.24. The van der Waals surface area contributed by atoms with E-state index in [4.69, 9.17) is 4.98 Å². The average Bonchev–Trinajstić information content (AvgIpc) is 3.10. The van der Waals surface area contributed by atoms with Crippen LogP contribution in [-0.2, 0) is 17.8 Å². The lowest BCUT2D eigenvalue weighted by Crippen LogP contribution is -2.26. The Balaban J connectivity index is 1.57. The zero-order valence-electron chi connectivity index (χ0n) is 14.9. The van der Waals surface area contributed by atoms with E-state index in [0.717, 1.165) is 30.9 Å². The van der Waals surface area contributed by atoms with Gasteiger partial charge in [0.2, 0.25) is 5.91 Å². The molecule has 2 aromatic rings. The number of carbonyl (C=O) groups is 1. The summed E-state index contributed by atoms with van der Waals surface area (Å²) in [4.78, 5) is 18.4. The first kappa shape index (κ1) is 17.6. The van der Waals surface area contributed by atoms with Gasteiger partial charge in [-0.3, -0.25) is 14.7 Å². The van der Waals surface area contributed by atoms with Crippen LogP contribution in [0, 0.1) is 0 Å². The molecule has 0 unspecified atom stereocenters. The third-order valence-electron chi connectivity index (χ3n) is 4.81. The van der Waals surface area contributed by atoms with Crippen LogP contribution >= 0.6 is 0 Å². The van der Waals surface area contributed by atoms with Crippen molar-refractivity contribution in [3.8, 4) is 0 Å². The Hall–Kier alpha value is -2.20. The summed E-state index contributed by atoms with van der Waals surface area (Å²) in [5.74, 6) is -0.0180. The normalized spacial score (nSPS) is 17.6. The maximum atomic E-state index is 11.1. The highest BCUT2D eigenvalue weighted by atomic mass is 16.1. The number of pyridine rings is 1. The van der Waals surface area contributed by atoms with Gasteiger partial charge in [-0.05, 0) is 56.5 Å². The number of hydrogen-bond acceptors (Lipinski definition) is 3. The number of likely N-dealkylation sites (tertiary alicyclic amines) is 1. The van der Waals surface area contributed by atoms with Crippen LogP contribution in [0.5, 0.6) is 0 Å². The Bertz CT molecular complexity index is 687. The van der Waals surface area contributed by atoms with E-state index < -0.39 is 0 Å². The van der Waals surface area contributed by atoms with Gasteiger partial charge in [-0.1, -0.05) is 36.4 Å². The quantitative estimate of drug-likeness (QED) is 0.841. The molecule has 4 nitrogen and oxygen atoms in total. The number of amides is 1. The van der Waals surface area contributed by atoms with Crippen LogP contribution in [-0.4, -0.2) is 28.9 Å². The number of aryl methyl sites for hydroxylation is 1. The Morgan fingerprint density at radius 1 is 1.20 bits per heavy atom. The lowest BCUT2D eigenvalue weighted by molar-refractivity contribution is -0.119. The smallest absolute Gasteiger partial charge is 0.217 e. The summed E-state index contributed by atoms with van der Waals surface area (Å²) in [5.41, 5.74) is 3.48. The van der Waals surface area contributed by atoms with E-state index in [2.05, 4.69) is 52.7 Å². The van der Waals surface area contributed by atoms with Gasteiger partial charge in [-0.25, -0.2) is 0 Å². The van der Waals surface area contributed by atoms with Gasteiger partial charge in [0.05, 0.1) is 24.0 Å². The van der Waals surface area contributed by atoms with Crippen molar-refractivity contribution in [3.05, 3.63) is 65.5 Å². The molecule has 0 saturated carbocycles. The molecule has 1 saturated heterocycles. The molecule has 1 amide bonds. The van der Waals surface area contributed by atoms with Gasteiger partial charge in [0.15, 0.2) is 0 Å². The highest BCUT2D eigenvalue weighted by molar-refractivity contribution is 5.72. The SMILES string of the molecule is CC(=O)NCc1cccc([C@H]2CCCN2CCCc2ccccc2)n1. The number of aromatic nitrogens is 1. The van der Waals surface area contributed by atoms with E-state index in [1.54, 1.807) is 0 Å². The highest BCUT2D eigenvalue weighted by Gasteiger charge is 2.26. The van der Waals surface area contributed by atoms with Gasteiger partial charge >= 0.3 is 0 Å². The standard InChI is InChI=1S/C21H27N3O/c1-17(25)22-16-19-11-5-12-20(23-19)21-13-7-15-24(21)14-6-10-18-8-3-2-4-9-18/h2-5,8-9,11-12,21H,6-7,10,13-16H2,1H3,(H,22,25)/t21-/m1/s1. The van der Waals surface area contributed by atoms with E-state index in [9.17, 15) is 4.79 Å². The third-order valence-corrected chi connectivity index (χ3v) is 4.81. The number of nitrogens with zero attached hydrogens (tertiary/aromatic N) is 2. The second-order valence-electron chi connectivity index (χ2n) is 6.75. The van der Waals surface area contributed by atoms with E-state index >= 15 is 0 Å². The number of hydrogen-bond donors (Lipinski definition) is 1. The molecule has 1 atom stereocenters. The summed E-state index contributed by atoms with van der Waals surface area (Å²) in [7, 11) is 0. The molecule has 1 aromatic carbocycles. The van der Waals surface area contributed by atoms with Crippen LogP contribution in [0.2, 0.25) is 0 Å². The van der Waals surface area contributed by atoms with Crippen LogP contribution in [0.3, 0.4) is 0 Å². The molecular weight excluding hydrogens is 310 g/mol. The van der Waals surface area contributed by atoms with Gasteiger partial charge in [-0.15, -0.1) is 0 Å². The summed E-state index contributed by atoms with van der Waals surface area (Å²) in [6.07, 6.45) is 4.70. The van der Waals surface area contributed by atoms with E-state index in [-0.39, 0.29) is 5.91 Å². The van der Waals surface area contributed by atoms with Gasteiger partial charge in [0.1, 0.15) is 0 Å². The molecule has 1 aliphatic heterocycles. The summed E-state index contributed by atoms with van der Waals surface area (Å²) < 4.78 is 0. The fraction of sp³-hybridized carbons (Fsp3) is 0.429. The molecule has 0 spiro atoms. The largest absolute Gasteiger partial charge is 0.351 e. The Morgan fingerprint density at radius 3 is 2.84 bits per heavy atom. The second kappa shape index (κ2) is 8.77. The first-order valence-corrected chi connectivity index (χ1v) is 9.20. The molecule has 0 aliphatic carbocycles. The molecule has 1 N–H and O–H groups in total. The fourth-order valence-corrected chi connectivity index (χ4v) is 3.56. The molecule has 25 heavy (non-hydrogen) atoms. The van der Waals surface area contributed by atoms with Crippen molar-refractivity contribution in [2.24, 2.45) is 0 Å². The zero-order chi connectivity index (χ0) is 17.5. The van der Waals surface area contributed by atoms with Crippen LogP contribution in [0.25, 0.3) is 0 Å². The van der Waals surface area contributed by atoms with Crippen molar-refractivity contribution in [1.29, 1.82) is 0 Å². The number of rotatable bonds is 7. The fourth-order valence-electron chi connectivity index (χ4n) is 3.56. The van der Waals surface area contributed by atoms with Gasteiger partial charge in [0.25, 0.3) is 0 Å². The van der Waals surface area contributed by atoms with Crippen molar-refractivity contribution >= 4 is 5.91 Å². The Labute approximate surface area is 150 Å². The minimum absolute atomic E-state index is 0.0180. The Kier molecular flexibility index (Phi) is 6.18. The molecule has 0 radical (unpaired) electrons. The van der Waals surface area contributed by atoms with E-state index in [1.807, 2.05) is 6.07 Å². The second-order valence-corrected chi connectivity index (χ2v) is 6.75. The van der Waals surface area contributed by atoms with Crippen molar-refractivity contribution in [1.82, 2.24) is 15.2 Å². The van der Waals surface area contributed by atoms with Gasteiger partial charge in [0, 0.05) is 6.92 Å². The first-order valence-electron chi connectivity index (χ1n) is 9.20. The first-order chi connectivity index (χ1) is 12.2. The molecular formula is C21H27N3O. The van der Waals surface area contributed by atoms with Crippen LogP contribution < -0.4 is 5.32 Å². The molecule has 4 heteroatoms. The van der Waals surface area contributed by atoms with Gasteiger partial charge < -0.3 is 5.32 Å². The molecule has 1 fully saturated rings. The zero-order valence-corrected chi connectivity index (χ0v) is 14.9. The molecule has 132 valence electrons. The molecule has 3 rings (SSSR count). The maximum Gasteiger partial charge on any atom is 0.217 e. The van der Waals surface area contributed by atoms with Crippen LogP contribution in [0.15, 0.2) is 48.5 Å². The number of nitrogens with one attached hydrogen (secondary N) is 1. The summed E-state index contributed by atoms with van der Waals surface area (Å²) in [6, 6.07) is 17.3. The molecule has 1 aromatic heterocycles. The predicted molar refractivity (Wildman–Crippen MR) is 100 cm³/mol. The predicted octanol–water partition coefficient (Wildman–Crippen LogP) is 3.49. The number of benzene rings is 1. The minimum atomic E-state index is -0.0180. The van der Waals surface area contributed by atoms with Crippen molar-refractivity contribution in [3.63, 3.8) is 0 Å². The summed E-state index contributed by atoms with van der Waals surface area (Å²) in [6.45, 7) is 4.30.